The van der Waals surface area contributed by atoms with Gasteiger partial charge in [-0.05, 0) is 25.0 Å². The van der Waals surface area contributed by atoms with Gasteiger partial charge < -0.3 is 10.4 Å². The van der Waals surface area contributed by atoms with Gasteiger partial charge in [0.1, 0.15) is 0 Å². The summed E-state index contributed by atoms with van der Waals surface area (Å²) in [5.74, 6) is -1.70. The summed E-state index contributed by atoms with van der Waals surface area (Å²) in [6.07, 6.45) is -0.0512. The van der Waals surface area contributed by atoms with Crippen LogP contribution in [0.25, 0.3) is 0 Å². The van der Waals surface area contributed by atoms with Crippen LogP contribution in [-0.2, 0) is 14.8 Å². The Morgan fingerprint density at radius 2 is 1.91 bits per heavy atom. The summed E-state index contributed by atoms with van der Waals surface area (Å²) in [6.45, 7) is 3.40. The van der Waals surface area contributed by atoms with Gasteiger partial charge in [-0.2, -0.15) is 0 Å². The molecule has 7 nitrogen and oxygen atoms in total. The number of hydrogen-bond donors (Lipinski definition) is 3. The molecular weight excluding hydrogens is 308 g/mol. The lowest BCUT2D eigenvalue weighted by atomic mass is 10.1. The third-order valence-corrected chi connectivity index (χ3v) is 4.24. The summed E-state index contributed by atoms with van der Waals surface area (Å²) in [4.78, 5) is 22.7. The molecule has 1 aromatic carbocycles. The van der Waals surface area contributed by atoms with Crippen molar-refractivity contribution < 1.29 is 23.1 Å². The molecule has 122 valence electrons. The van der Waals surface area contributed by atoms with Crippen molar-refractivity contribution in [3.05, 3.63) is 29.8 Å². The number of nitrogens with one attached hydrogen (secondary N) is 2. The Labute approximate surface area is 129 Å². The number of sulfonamides is 1. The van der Waals surface area contributed by atoms with Gasteiger partial charge in [0.15, 0.2) is 0 Å². The molecular formula is C14H20N2O5S. The van der Waals surface area contributed by atoms with Gasteiger partial charge in [-0.25, -0.2) is 8.42 Å². The van der Waals surface area contributed by atoms with Crippen molar-refractivity contribution in [2.75, 3.05) is 17.0 Å². The van der Waals surface area contributed by atoms with Crippen molar-refractivity contribution in [2.45, 2.75) is 20.3 Å². The zero-order valence-corrected chi connectivity index (χ0v) is 13.3. The number of carbonyl (C=O) groups excluding carboxylic acids is 1. The van der Waals surface area contributed by atoms with Crippen molar-refractivity contribution in [2.24, 2.45) is 5.92 Å². The smallest absolute Gasteiger partial charge is 0.303 e. The van der Waals surface area contributed by atoms with Crippen LogP contribution in [0.15, 0.2) is 24.3 Å². The number of anilines is 1. The molecule has 8 heteroatoms. The fraction of sp³-hybridized carbons (Fsp3) is 0.429. The van der Waals surface area contributed by atoms with Crippen LogP contribution in [0, 0.1) is 5.92 Å². The van der Waals surface area contributed by atoms with Gasteiger partial charge in [0.05, 0.1) is 17.0 Å². The first-order valence-electron chi connectivity index (χ1n) is 6.84. The Morgan fingerprint density at radius 3 is 2.50 bits per heavy atom. The third-order valence-electron chi connectivity index (χ3n) is 2.95. The molecule has 3 N–H and O–H groups in total. The normalized spacial score (nSPS) is 12.5. The molecule has 1 amide bonds. The Balaban J connectivity index is 2.79. The average molecular weight is 328 g/mol. The van der Waals surface area contributed by atoms with Gasteiger partial charge >= 0.3 is 5.97 Å². The van der Waals surface area contributed by atoms with Crippen LogP contribution in [0.2, 0.25) is 0 Å². The summed E-state index contributed by atoms with van der Waals surface area (Å²) in [5, 5.41) is 11.3. The van der Waals surface area contributed by atoms with Crippen LogP contribution in [0.4, 0.5) is 5.69 Å². The van der Waals surface area contributed by atoms with Gasteiger partial charge in [-0.1, -0.05) is 19.1 Å². The van der Waals surface area contributed by atoms with Crippen molar-refractivity contribution in [3.63, 3.8) is 0 Å². The summed E-state index contributed by atoms with van der Waals surface area (Å²) < 4.78 is 25.6. The van der Waals surface area contributed by atoms with Crippen molar-refractivity contribution in [1.82, 2.24) is 5.32 Å². The number of carboxylic acids is 1. The zero-order valence-electron chi connectivity index (χ0n) is 12.5. The molecule has 1 aromatic rings. The molecule has 0 aliphatic carbocycles. The lowest BCUT2D eigenvalue weighted by Crippen LogP contribution is -2.30. The second-order valence-electron chi connectivity index (χ2n) is 4.96. The molecule has 22 heavy (non-hydrogen) atoms. The third kappa shape index (κ3) is 5.72. The molecule has 0 aliphatic rings. The minimum Gasteiger partial charge on any atom is -0.481 e. The number of carboxylic acid groups (broad SMARTS) is 1. The second kappa shape index (κ2) is 7.79. The summed E-state index contributed by atoms with van der Waals surface area (Å²) in [5.41, 5.74) is 0.398. The highest BCUT2D eigenvalue weighted by atomic mass is 32.2. The molecule has 0 saturated carbocycles. The van der Waals surface area contributed by atoms with E-state index < -0.39 is 21.9 Å². The second-order valence-corrected chi connectivity index (χ2v) is 6.98. The van der Waals surface area contributed by atoms with Crippen molar-refractivity contribution >= 4 is 27.6 Å². The van der Waals surface area contributed by atoms with Gasteiger partial charge in [0.2, 0.25) is 10.0 Å². The van der Waals surface area contributed by atoms with E-state index >= 15 is 0 Å². The summed E-state index contributed by atoms with van der Waals surface area (Å²) >= 11 is 0. The van der Waals surface area contributed by atoms with Crippen molar-refractivity contribution in [3.8, 4) is 0 Å². The van der Waals surface area contributed by atoms with Crippen molar-refractivity contribution in [1.29, 1.82) is 0 Å². The van der Waals surface area contributed by atoms with E-state index in [1.54, 1.807) is 19.1 Å². The van der Waals surface area contributed by atoms with E-state index in [2.05, 4.69) is 10.0 Å². The first kappa shape index (κ1) is 18.0. The van der Waals surface area contributed by atoms with Crippen LogP contribution < -0.4 is 10.0 Å². The largest absolute Gasteiger partial charge is 0.481 e. The lowest BCUT2D eigenvalue weighted by molar-refractivity contribution is -0.137. The minimum atomic E-state index is -3.48. The minimum absolute atomic E-state index is 0.0512. The van der Waals surface area contributed by atoms with Gasteiger partial charge in [0, 0.05) is 13.0 Å². The number of hydrogen-bond acceptors (Lipinski definition) is 4. The SMILES string of the molecule is CCS(=O)(=O)Nc1ccccc1C(=O)NCC(C)CC(=O)O. The van der Waals surface area contributed by atoms with E-state index in [1.165, 1.54) is 19.1 Å². The standard InChI is InChI=1S/C14H20N2O5S/c1-3-22(20,21)16-12-7-5-4-6-11(12)14(19)15-9-10(2)8-13(17)18/h4-7,10,16H,3,8-9H2,1-2H3,(H,15,19)(H,17,18). The molecule has 1 rings (SSSR count). The number of benzene rings is 1. The Morgan fingerprint density at radius 1 is 1.27 bits per heavy atom. The van der Waals surface area contributed by atoms with E-state index in [-0.39, 0.29) is 35.9 Å². The number of rotatable bonds is 8. The maximum Gasteiger partial charge on any atom is 0.303 e. The molecule has 0 saturated heterocycles. The summed E-state index contributed by atoms with van der Waals surface area (Å²) in [7, 11) is -3.48. The molecule has 0 radical (unpaired) electrons. The van der Waals surface area contributed by atoms with Crippen LogP contribution in [0.1, 0.15) is 30.6 Å². The first-order chi connectivity index (χ1) is 10.2. The maximum absolute atomic E-state index is 12.1. The van der Waals surface area contributed by atoms with Crippen LogP contribution in [-0.4, -0.2) is 37.7 Å². The van der Waals surface area contributed by atoms with Gasteiger partial charge in [-0.15, -0.1) is 0 Å². The molecule has 0 spiro atoms. The molecule has 1 atom stereocenters. The van der Waals surface area contributed by atoms with E-state index in [1.807, 2.05) is 0 Å². The molecule has 0 heterocycles. The predicted octanol–water partition coefficient (Wildman–Crippen LogP) is 1.29. The molecule has 0 fully saturated rings. The quantitative estimate of drug-likeness (QED) is 0.665. The number of amides is 1. The predicted molar refractivity (Wildman–Crippen MR) is 83.3 cm³/mol. The first-order valence-corrected chi connectivity index (χ1v) is 8.50. The van der Waals surface area contributed by atoms with Gasteiger partial charge in [0.25, 0.3) is 5.91 Å². The van der Waals surface area contributed by atoms with E-state index in [0.29, 0.717) is 0 Å². The van der Waals surface area contributed by atoms with Crippen LogP contribution in [0.3, 0.4) is 0 Å². The topological polar surface area (TPSA) is 113 Å². The fourth-order valence-corrected chi connectivity index (χ4v) is 2.40. The highest BCUT2D eigenvalue weighted by Crippen LogP contribution is 2.16. The molecule has 1 unspecified atom stereocenters. The summed E-state index contributed by atoms with van der Waals surface area (Å²) in [6, 6.07) is 6.25. The average Bonchev–Trinajstić information content (AvgIpc) is 2.44. The number of para-hydroxylation sites is 1. The van der Waals surface area contributed by atoms with Crippen LogP contribution in [0.5, 0.6) is 0 Å². The molecule has 0 bridgehead atoms. The fourth-order valence-electron chi connectivity index (χ4n) is 1.74. The van der Waals surface area contributed by atoms with Gasteiger partial charge in [-0.3, -0.25) is 14.3 Å². The highest BCUT2D eigenvalue weighted by molar-refractivity contribution is 7.92. The zero-order chi connectivity index (χ0) is 16.8. The maximum atomic E-state index is 12.1. The van der Waals surface area contributed by atoms with E-state index in [9.17, 15) is 18.0 Å². The number of carbonyl (C=O) groups is 2. The Bertz CT molecular complexity index is 642. The highest BCUT2D eigenvalue weighted by Gasteiger charge is 2.16. The van der Waals surface area contributed by atoms with E-state index in [0.717, 1.165) is 0 Å². The lowest BCUT2D eigenvalue weighted by Gasteiger charge is -2.13. The number of aliphatic carboxylic acids is 1. The van der Waals surface area contributed by atoms with E-state index in [4.69, 9.17) is 5.11 Å². The van der Waals surface area contributed by atoms with Crippen LogP contribution >= 0.6 is 0 Å². The monoisotopic (exact) mass is 328 g/mol. The molecule has 0 aliphatic heterocycles. The molecule has 0 aromatic heterocycles. The Hall–Kier alpha value is -2.09. The Kier molecular flexibility index (Phi) is 6.36.